The van der Waals surface area contributed by atoms with Crippen LogP contribution in [-0.2, 0) is 11.2 Å². The fourth-order valence-corrected chi connectivity index (χ4v) is 3.35. The van der Waals surface area contributed by atoms with Gasteiger partial charge in [-0.05, 0) is 68.3 Å². The maximum absolute atomic E-state index is 13.6. The van der Waals surface area contributed by atoms with Crippen molar-refractivity contribution in [3.05, 3.63) is 83.5 Å². The second kappa shape index (κ2) is 9.90. The van der Waals surface area contributed by atoms with E-state index in [9.17, 15) is 9.18 Å². The van der Waals surface area contributed by atoms with Crippen LogP contribution in [0.2, 0.25) is 0 Å². The molecule has 0 aliphatic heterocycles. The number of aromatic amines is 1. The van der Waals surface area contributed by atoms with E-state index in [4.69, 9.17) is 4.42 Å². The Morgan fingerprint density at radius 3 is 2.79 bits per heavy atom. The van der Waals surface area contributed by atoms with Gasteiger partial charge in [-0.2, -0.15) is 0 Å². The van der Waals surface area contributed by atoms with Gasteiger partial charge in [-0.25, -0.2) is 14.4 Å². The maximum atomic E-state index is 13.6. The number of nitrogens with zero attached hydrogens (tertiary/aromatic N) is 3. The van der Waals surface area contributed by atoms with Crippen molar-refractivity contribution in [2.75, 3.05) is 11.9 Å². The molecule has 0 fully saturated rings. The highest BCUT2D eigenvalue weighted by Gasteiger charge is 2.09. The summed E-state index contributed by atoms with van der Waals surface area (Å²) in [6, 6.07) is 9.94. The van der Waals surface area contributed by atoms with Gasteiger partial charge in [-0.1, -0.05) is 0 Å². The van der Waals surface area contributed by atoms with Crippen LogP contribution in [0.4, 0.5) is 10.3 Å². The van der Waals surface area contributed by atoms with Crippen molar-refractivity contribution in [3.63, 3.8) is 0 Å². The van der Waals surface area contributed by atoms with E-state index in [1.807, 2.05) is 26.1 Å². The number of fused-ring (bicyclic) bond motifs is 1. The van der Waals surface area contributed by atoms with Crippen molar-refractivity contribution < 1.29 is 13.6 Å². The van der Waals surface area contributed by atoms with Crippen LogP contribution in [0.5, 0.6) is 0 Å². The number of guanidine groups is 1. The molecule has 0 saturated heterocycles. The molecule has 0 spiro atoms. The number of halogens is 1. The zero-order chi connectivity index (χ0) is 23.2. The van der Waals surface area contributed by atoms with Gasteiger partial charge in [0.2, 0.25) is 11.9 Å². The van der Waals surface area contributed by atoms with Crippen molar-refractivity contribution >= 4 is 34.8 Å². The number of aliphatic imine (C=N–C) groups is 1. The lowest BCUT2D eigenvalue weighted by Crippen LogP contribution is -2.35. The Balaban J connectivity index is 1.50. The van der Waals surface area contributed by atoms with Gasteiger partial charge in [-0.15, -0.1) is 0 Å². The molecule has 9 heteroatoms. The lowest BCUT2D eigenvalue weighted by atomic mass is 10.1. The zero-order valence-corrected chi connectivity index (χ0v) is 18.2. The molecule has 0 saturated carbocycles. The van der Waals surface area contributed by atoms with Gasteiger partial charge >= 0.3 is 0 Å². The summed E-state index contributed by atoms with van der Waals surface area (Å²) in [6.07, 6.45) is 6.81. The number of anilines is 1. The van der Waals surface area contributed by atoms with E-state index >= 15 is 0 Å². The molecule has 0 aliphatic rings. The second-order valence-electron chi connectivity index (χ2n) is 7.42. The van der Waals surface area contributed by atoms with Crippen LogP contribution < -0.4 is 10.6 Å². The Morgan fingerprint density at radius 2 is 2.03 bits per heavy atom. The average Bonchev–Trinajstić information content (AvgIpc) is 3.41. The largest absolute Gasteiger partial charge is 0.465 e. The summed E-state index contributed by atoms with van der Waals surface area (Å²) < 4.78 is 18.8. The molecule has 33 heavy (non-hydrogen) atoms. The Labute approximate surface area is 189 Å². The summed E-state index contributed by atoms with van der Waals surface area (Å²) in [4.78, 5) is 28.7. The summed E-state index contributed by atoms with van der Waals surface area (Å²) in [5.41, 5.74) is 3.36. The number of nitrogens with one attached hydrogen (secondary N) is 3. The van der Waals surface area contributed by atoms with Crippen molar-refractivity contribution in [2.24, 2.45) is 4.99 Å². The highest BCUT2D eigenvalue weighted by atomic mass is 19.1. The number of aryl methyl sites for hydroxylation is 2. The smallest absolute Gasteiger partial charge is 0.250 e. The first-order valence-corrected chi connectivity index (χ1v) is 10.4. The molecule has 8 nitrogen and oxygen atoms in total. The molecule has 0 bridgehead atoms. The summed E-state index contributed by atoms with van der Waals surface area (Å²) in [5, 5.41) is 6.51. The molecule has 168 valence electrons. The van der Waals surface area contributed by atoms with Gasteiger partial charge in [0, 0.05) is 41.1 Å². The van der Waals surface area contributed by atoms with Gasteiger partial charge < -0.3 is 9.40 Å². The highest BCUT2D eigenvalue weighted by molar-refractivity contribution is 6.08. The van der Waals surface area contributed by atoms with Crippen LogP contribution >= 0.6 is 0 Å². The van der Waals surface area contributed by atoms with Gasteiger partial charge in [0.1, 0.15) is 11.6 Å². The first kappa shape index (κ1) is 21.9. The van der Waals surface area contributed by atoms with E-state index in [0.29, 0.717) is 24.7 Å². The molecule has 0 aliphatic carbocycles. The fourth-order valence-electron chi connectivity index (χ4n) is 3.35. The minimum absolute atomic E-state index is 0.208. The molecule has 0 unspecified atom stereocenters. The number of rotatable bonds is 6. The Morgan fingerprint density at radius 1 is 1.21 bits per heavy atom. The normalized spacial score (nSPS) is 11.9. The molecule has 3 heterocycles. The van der Waals surface area contributed by atoms with Crippen LogP contribution in [0, 0.1) is 19.7 Å². The molecule has 1 amide bonds. The fraction of sp³-hybridized carbons (Fsp3) is 0.167. The van der Waals surface area contributed by atoms with Crippen molar-refractivity contribution in [3.8, 4) is 0 Å². The number of H-pyrrole nitrogens is 1. The minimum Gasteiger partial charge on any atom is -0.465 e. The number of amides is 1. The molecule has 1 aromatic carbocycles. The van der Waals surface area contributed by atoms with E-state index in [1.54, 1.807) is 24.3 Å². The van der Waals surface area contributed by atoms with Crippen molar-refractivity contribution in [1.82, 2.24) is 20.3 Å². The SMILES string of the molecule is Cc1cc(C)nc(NC(=NCCc2c[nH]c3ccc(F)cc23)NC(=O)C=Cc2ccco2)n1. The van der Waals surface area contributed by atoms with Crippen LogP contribution in [0.1, 0.15) is 22.7 Å². The summed E-state index contributed by atoms with van der Waals surface area (Å²) in [6.45, 7) is 4.06. The molecular formula is C24H23FN6O2. The number of aromatic nitrogens is 3. The Bertz CT molecular complexity index is 1300. The van der Waals surface area contributed by atoms with Crippen molar-refractivity contribution in [2.45, 2.75) is 20.3 Å². The third-order valence-corrected chi connectivity index (χ3v) is 4.78. The highest BCUT2D eigenvalue weighted by Crippen LogP contribution is 2.19. The van der Waals surface area contributed by atoms with Crippen LogP contribution in [0.25, 0.3) is 17.0 Å². The first-order valence-electron chi connectivity index (χ1n) is 10.4. The molecule has 3 aromatic heterocycles. The predicted octanol–water partition coefficient (Wildman–Crippen LogP) is 4.15. The monoisotopic (exact) mass is 446 g/mol. The third kappa shape index (κ3) is 5.91. The van der Waals surface area contributed by atoms with Gasteiger partial charge in [-0.3, -0.25) is 20.4 Å². The lowest BCUT2D eigenvalue weighted by molar-refractivity contribution is -0.115. The summed E-state index contributed by atoms with van der Waals surface area (Å²) in [7, 11) is 0. The molecule has 3 N–H and O–H groups in total. The van der Waals surface area contributed by atoms with Crippen molar-refractivity contribution in [1.29, 1.82) is 0 Å². The van der Waals surface area contributed by atoms with Crippen LogP contribution in [0.3, 0.4) is 0 Å². The van der Waals surface area contributed by atoms with Crippen LogP contribution in [0.15, 0.2) is 64.3 Å². The number of carbonyl (C=O) groups excluding carboxylic acids is 1. The molecular weight excluding hydrogens is 423 g/mol. The molecule has 4 aromatic rings. The number of benzene rings is 1. The quantitative estimate of drug-likeness (QED) is 0.234. The van der Waals surface area contributed by atoms with Gasteiger partial charge in [0.25, 0.3) is 5.91 Å². The van der Waals surface area contributed by atoms with E-state index < -0.39 is 5.91 Å². The van der Waals surface area contributed by atoms with E-state index in [1.165, 1.54) is 24.5 Å². The second-order valence-corrected chi connectivity index (χ2v) is 7.42. The minimum atomic E-state index is -0.392. The Kier molecular flexibility index (Phi) is 6.58. The number of hydrogen-bond acceptors (Lipinski definition) is 5. The Hall–Kier alpha value is -4.27. The number of hydrogen-bond donors (Lipinski definition) is 3. The topological polar surface area (TPSA) is 108 Å². The van der Waals surface area contributed by atoms with Crippen LogP contribution in [-0.4, -0.2) is 33.4 Å². The molecule has 4 rings (SSSR count). The summed E-state index contributed by atoms with van der Waals surface area (Å²) in [5.74, 6) is 0.407. The van der Waals surface area contributed by atoms with Gasteiger partial charge in [0.05, 0.1) is 6.26 Å². The van der Waals surface area contributed by atoms with E-state index in [0.717, 1.165) is 27.9 Å². The lowest BCUT2D eigenvalue weighted by Gasteiger charge is -2.10. The first-order chi connectivity index (χ1) is 16.0. The number of furan rings is 1. The standard InChI is InChI=1S/C24H23FN6O2/c1-15-12-16(2)29-24(28-15)31-23(30-22(32)8-6-19-4-3-11-33-19)26-10-9-17-14-27-21-7-5-18(25)13-20(17)21/h3-8,11-14,27H,9-10H2,1-2H3,(H2,26,28,29,30,31,32). The molecule has 0 atom stereocenters. The van der Waals surface area contributed by atoms with E-state index in [-0.39, 0.29) is 11.8 Å². The summed E-state index contributed by atoms with van der Waals surface area (Å²) >= 11 is 0. The number of carbonyl (C=O) groups is 1. The van der Waals surface area contributed by atoms with Gasteiger partial charge in [0.15, 0.2) is 0 Å². The maximum Gasteiger partial charge on any atom is 0.250 e. The molecule has 0 radical (unpaired) electrons. The predicted molar refractivity (Wildman–Crippen MR) is 125 cm³/mol. The third-order valence-electron chi connectivity index (χ3n) is 4.78. The average molecular weight is 446 g/mol. The van der Waals surface area contributed by atoms with E-state index in [2.05, 4.69) is 30.6 Å². The zero-order valence-electron chi connectivity index (χ0n) is 18.2.